The van der Waals surface area contributed by atoms with Gasteiger partial charge in [0.25, 0.3) is 0 Å². The van der Waals surface area contributed by atoms with E-state index in [1.54, 1.807) is 6.92 Å². The fraction of sp³-hybridized carbons (Fsp3) is 0.118. The van der Waals surface area contributed by atoms with E-state index in [0.29, 0.717) is 11.1 Å². The maximum Gasteiger partial charge on any atom is 0.358 e. The van der Waals surface area contributed by atoms with Crippen molar-refractivity contribution in [2.75, 3.05) is 0 Å². The Morgan fingerprint density at radius 2 is 1.91 bits per heavy atom. The Morgan fingerprint density at radius 3 is 2.64 bits per heavy atom. The van der Waals surface area contributed by atoms with Crippen molar-refractivity contribution in [2.24, 2.45) is 0 Å². The Balaban J connectivity index is 2.17. The average Bonchev–Trinajstić information content (AvgIpc) is 2.49. The molecule has 3 aromatic rings. The van der Waals surface area contributed by atoms with E-state index in [9.17, 15) is 9.90 Å². The monoisotopic (exact) mass is 294 g/mol. The third-order valence-electron chi connectivity index (χ3n) is 3.65. The zero-order valence-corrected chi connectivity index (χ0v) is 12.2. The summed E-state index contributed by atoms with van der Waals surface area (Å²) in [6.45, 7) is 3.61. The lowest BCUT2D eigenvalue weighted by molar-refractivity contribution is 0.0687. The SMILES string of the molecule is Cc1ccc2cc(-c3cnc(C(=O)O)c(O)c3C)ccc2n1. The number of hydrogen-bond donors (Lipinski definition) is 2. The van der Waals surface area contributed by atoms with Crippen LogP contribution in [0.4, 0.5) is 0 Å². The largest absolute Gasteiger partial charge is 0.505 e. The van der Waals surface area contributed by atoms with Crippen LogP contribution in [0.2, 0.25) is 0 Å². The quantitative estimate of drug-likeness (QED) is 0.757. The number of aromatic hydroxyl groups is 1. The molecule has 110 valence electrons. The van der Waals surface area contributed by atoms with Crippen molar-refractivity contribution in [2.45, 2.75) is 13.8 Å². The lowest BCUT2D eigenvalue weighted by Crippen LogP contribution is -2.02. The van der Waals surface area contributed by atoms with Crippen molar-refractivity contribution in [3.05, 3.63) is 53.5 Å². The van der Waals surface area contributed by atoms with Gasteiger partial charge in [-0.25, -0.2) is 9.78 Å². The van der Waals surface area contributed by atoms with E-state index in [1.807, 2.05) is 37.3 Å². The molecule has 0 spiro atoms. The number of carboxylic acid groups (broad SMARTS) is 1. The topological polar surface area (TPSA) is 83.3 Å². The predicted octanol–water partition coefficient (Wildman–Crippen LogP) is 3.32. The van der Waals surface area contributed by atoms with E-state index < -0.39 is 5.97 Å². The van der Waals surface area contributed by atoms with Gasteiger partial charge in [-0.15, -0.1) is 0 Å². The summed E-state index contributed by atoms with van der Waals surface area (Å²) in [5.74, 6) is -1.54. The van der Waals surface area contributed by atoms with E-state index >= 15 is 0 Å². The van der Waals surface area contributed by atoms with Crippen molar-refractivity contribution in [3.8, 4) is 16.9 Å². The number of pyridine rings is 2. The summed E-state index contributed by atoms with van der Waals surface area (Å²) < 4.78 is 0. The van der Waals surface area contributed by atoms with Gasteiger partial charge in [-0.2, -0.15) is 0 Å². The standard InChI is InChI=1S/C17H14N2O3/c1-9-3-4-12-7-11(5-6-14(12)19-9)13-8-18-15(17(21)22)16(20)10(13)2/h3-8,20H,1-2H3,(H,21,22). The number of carboxylic acids is 1. The number of benzene rings is 1. The fourth-order valence-corrected chi connectivity index (χ4v) is 2.43. The highest BCUT2D eigenvalue weighted by Gasteiger charge is 2.17. The predicted molar refractivity (Wildman–Crippen MR) is 83.1 cm³/mol. The van der Waals surface area contributed by atoms with Gasteiger partial charge in [0.2, 0.25) is 0 Å². The molecule has 0 bridgehead atoms. The first kappa shape index (κ1) is 14.0. The summed E-state index contributed by atoms with van der Waals surface area (Å²) in [6, 6.07) is 9.65. The number of aromatic nitrogens is 2. The second kappa shape index (κ2) is 5.11. The lowest BCUT2D eigenvalue weighted by atomic mass is 9.99. The molecular weight excluding hydrogens is 280 g/mol. The first-order chi connectivity index (χ1) is 10.5. The maximum atomic E-state index is 11.0. The van der Waals surface area contributed by atoms with Crippen LogP contribution >= 0.6 is 0 Å². The molecule has 0 amide bonds. The molecule has 0 atom stereocenters. The fourth-order valence-electron chi connectivity index (χ4n) is 2.43. The number of hydrogen-bond acceptors (Lipinski definition) is 4. The molecule has 3 rings (SSSR count). The van der Waals surface area contributed by atoms with Gasteiger partial charge in [0.05, 0.1) is 5.52 Å². The number of aromatic carboxylic acids is 1. The minimum Gasteiger partial charge on any atom is -0.505 e. The van der Waals surface area contributed by atoms with Gasteiger partial charge < -0.3 is 10.2 Å². The number of aryl methyl sites for hydroxylation is 1. The molecule has 0 aliphatic rings. The van der Waals surface area contributed by atoms with Crippen LogP contribution in [0.3, 0.4) is 0 Å². The average molecular weight is 294 g/mol. The van der Waals surface area contributed by atoms with Crippen molar-refractivity contribution < 1.29 is 15.0 Å². The maximum absolute atomic E-state index is 11.0. The molecule has 0 saturated carbocycles. The Hall–Kier alpha value is -2.95. The molecule has 2 heterocycles. The smallest absolute Gasteiger partial charge is 0.358 e. The molecule has 5 nitrogen and oxygen atoms in total. The van der Waals surface area contributed by atoms with Crippen LogP contribution in [0.15, 0.2) is 36.5 Å². The number of nitrogens with zero attached hydrogens (tertiary/aromatic N) is 2. The van der Waals surface area contributed by atoms with Gasteiger partial charge in [-0.3, -0.25) is 4.98 Å². The van der Waals surface area contributed by atoms with E-state index in [4.69, 9.17) is 5.11 Å². The second-order valence-electron chi connectivity index (χ2n) is 5.16. The van der Waals surface area contributed by atoms with Crippen LogP contribution < -0.4 is 0 Å². The van der Waals surface area contributed by atoms with Gasteiger partial charge >= 0.3 is 5.97 Å². The zero-order chi connectivity index (χ0) is 15.9. The number of carbonyl (C=O) groups is 1. The van der Waals surface area contributed by atoms with Gasteiger partial charge in [-0.1, -0.05) is 12.1 Å². The molecule has 0 aliphatic carbocycles. The van der Waals surface area contributed by atoms with Gasteiger partial charge in [0.1, 0.15) is 0 Å². The molecule has 0 radical (unpaired) electrons. The number of fused-ring (bicyclic) bond motifs is 1. The van der Waals surface area contributed by atoms with Crippen molar-refractivity contribution in [3.63, 3.8) is 0 Å². The van der Waals surface area contributed by atoms with Crippen LogP contribution in [0.1, 0.15) is 21.7 Å². The molecule has 5 heteroatoms. The third-order valence-corrected chi connectivity index (χ3v) is 3.65. The highest BCUT2D eigenvalue weighted by atomic mass is 16.4. The molecule has 2 aromatic heterocycles. The highest BCUT2D eigenvalue weighted by molar-refractivity contribution is 5.91. The molecule has 22 heavy (non-hydrogen) atoms. The zero-order valence-electron chi connectivity index (χ0n) is 12.2. The summed E-state index contributed by atoms with van der Waals surface area (Å²) >= 11 is 0. The van der Waals surface area contributed by atoms with Gasteiger partial charge in [0, 0.05) is 28.4 Å². The molecule has 0 aliphatic heterocycles. The molecule has 0 fully saturated rings. The third kappa shape index (κ3) is 2.26. The minimum absolute atomic E-state index is 0.299. The molecule has 1 aromatic carbocycles. The van der Waals surface area contributed by atoms with Crippen molar-refractivity contribution >= 4 is 16.9 Å². The van der Waals surface area contributed by atoms with E-state index in [-0.39, 0.29) is 11.4 Å². The Bertz CT molecular complexity index is 904. The van der Waals surface area contributed by atoms with E-state index in [2.05, 4.69) is 9.97 Å². The summed E-state index contributed by atoms with van der Waals surface area (Å²) in [7, 11) is 0. The Labute approximate surface area is 126 Å². The van der Waals surface area contributed by atoms with Crippen LogP contribution in [0.25, 0.3) is 22.0 Å². The highest BCUT2D eigenvalue weighted by Crippen LogP contribution is 2.32. The number of rotatable bonds is 2. The van der Waals surface area contributed by atoms with E-state index in [1.165, 1.54) is 6.20 Å². The summed E-state index contributed by atoms with van der Waals surface area (Å²) in [4.78, 5) is 19.3. The molecular formula is C17H14N2O3. The van der Waals surface area contributed by atoms with Crippen LogP contribution in [0, 0.1) is 13.8 Å². The molecule has 0 unspecified atom stereocenters. The molecule has 2 N–H and O–H groups in total. The van der Waals surface area contributed by atoms with Crippen molar-refractivity contribution in [1.29, 1.82) is 0 Å². The van der Waals surface area contributed by atoms with Crippen molar-refractivity contribution in [1.82, 2.24) is 9.97 Å². The van der Waals surface area contributed by atoms with Crippen LogP contribution in [0.5, 0.6) is 5.75 Å². The summed E-state index contributed by atoms with van der Waals surface area (Å²) in [5, 5.41) is 20.0. The second-order valence-corrected chi connectivity index (χ2v) is 5.16. The minimum atomic E-state index is -1.25. The molecule has 0 saturated heterocycles. The summed E-state index contributed by atoms with van der Waals surface area (Å²) in [6.07, 6.45) is 1.47. The van der Waals surface area contributed by atoms with Crippen LogP contribution in [-0.2, 0) is 0 Å². The Kier molecular flexibility index (Phi) is 3.25. The lowest BCUT2D eigenvalue weighted by Gasteiger charge is -2.10. The van der Waals surface area contributed by atoms with E-state index in [0.717, 1.165) is 22.2 Å². The first-order valence-corrected chi connectivity index (χ1v) is 6.77. The normalized spacial score (nSPS) is 10.8. The Morgan fingerprint density at radius 1 is 1.14 bits per heavy atom. The summed E-state index contributed by atoms with van der Waals surface area (Å²) in [5.41, 5.74) is 3.55. The van der Waals surface area contributed by atoms with Crippen LogP contribution in [-0.4, -0.2) is 26.2 Å². The van der Waals surface area contributed by atoms with Gasteiger partial charge in [0.15, 0.2) is 11.4 Å². The first-order valence-electron chi connectivity index (χ1n) is 6.77. The van der Waals surface area contributed by atoms with Gasteiger partial charge in [-0.05, 0) is 37.6 Å².